The molecule has 2 aliphatic heterocycles. The summed E-state index contributed by atoms with van der Waals surface area (Å²) in [7, 11) is 1.57. The van der Waals surface area contributed by atoms with Crippen molar-refractivity contribution in [3.05, 3.63) is 54.3 Å². The third-order valence-corrected chi connectivity index (χ3v) is 5.63. The van der Waals surface area contributed by atoms with Crippen molar-refractivity contribution in [2.24, 2.45) is 5.92 Å². The summed E-state index contributed by atoms with van der Waals surface area (Å²) in [5, 5.41) is 0. The van der Waals surface area contributed by atoms with Gasteiger partial charge in [-0.1, -0.05) is 12.1 Å². The van der Waals surface area contributed by atoms with Crippen LogP contribution in [0.2, 0.25) is 0 Å². The summed E-state index contributed by atoms with van der Waals surface area (Å²) in [6.45, 7) is 2.93. The molecule has 2 aliphatic rings. The molecule has 152 valence electrons. The van der Waals surface area contributed by atoms with E-state index in [1.54, 1.807) is 24.1 Å². The predicted molar refractivity (Wildman–Crippen MR) is 109 cm³/mol. The Labute approximate surface area is 169 Å². The molecule has 6 nitrogen and oxygen atoms in total. The number of carbonyl (C=O) groups excluding carboxylic acids is 2. The lowest BCUT2D eigenvalue weighted by atomic mass is 10.1. The molecule has 0 saturated carbocycles. The second kappa shape index (κ2) is 8.11. The van der Waals surface area contributed by atoms with Crippen LogP contribution in [0, 0.1) is 11.7 Å². The molecule has 1 unspecified atom stereocenters. The van der Waals surface area contributed by atoms with Crippen LogP contribution in [0.15, 0.2) is 48.5 Å². The molecule has 29 heavy (non-hydrogen) atoms. The number of amides is 2. The van der Waals surface area contributed by atoms with Gasteiger partial charge in [0.2, 0.25) is 11.8 Å². The maximum Gasteiger partial charge on any atom is 0.228 e. The molecule has 2 aromatic rings. The standard InChI is InChI=1S/C22H24FN3O3/c1-29-20-5-3-2-4-19(20)26-15-16(14-21(26)27)22(28)25-12-10-24(11-13-25)18-8-6-17(23)7-9-18/h2-9,16H,10-15H2,1H3. The van der Waals surface area contributed by atoms with Crippen molar-refractivity contribution < 1.29 is 18.7 Å². The van der Waals surface area contributed by atoms with Gasteiger partial charge in [0, 0.05) is 44.8 Å². The number of piperazine rings is 1. The maximum absolute atomic E-state index is 13.1. The molecule has 0 bridgehead atoms. The number of benzene rings is 2. The number of para-hydroxylation sites is 2. The van der Waals surface area contributed by atoms with Crippen LogP contribution in [0.25, 0.3) is 0 Å². The molecule has 2 aromatic carbocycles. The monoisotopic (exact) mass is 397 g/mol. The number of rotatable bonds is 4. The molecular formula is C22H24FN3O3. The molecule has 4 rings (SSSR count). The maximum atomic E-state index is 13.1. The van der Waals surface area contributed by atoms with Crippen LogP contribution in [0.1, 0.15) is 6.42 Å². The zero-order valence-corrected chi connectivity index (χ0v) is 16.4. The quantitative estimate of drug-likeness (QED) is 0.796. The second-order valence-electron chi connectivity index (χ2n) is 7.37. The Morgan fingerprint density at radius 2 is 1.72 bits per heavy atom. The number of methoxy groups -OCH3 is 1. The van der Waals surface area contributed by atoms with E-state index in [9.17, 15) is 14.0 Å². The van der Waals surface area contributed by atoms with Gasteiger partial charge in [-0.05, 0) is 36.4 Å². The second-order valence-corrected chi connectivity index (χ2v) is 7.37. The van der Waals surface area contributed by atoms with Crippen molar-refractivity contribution in [1.82, 2.24) is 4.90 Å². The fourth-order valence-electron chi connectivity index (χ4n) is 4.05. The molecular weight excluding hydrogens is 373 g/mol. The number of hydrogen-bond acceptors (Lipinski definition) is 4. The van der Waals surface area contributed by atoms with Gasteiger partial charge in [0.15, 0.2) is 0 Å². The first-order chi connectivity index (χ1) is 14.1. The van der Waals surface area contributed by atoms with Crippen molar-refractivity contribution in [2.75, 3.05) is 49.6 Å². The third kappa shape index (κ3) is 3.90. The highest BCUT2D eigenvalue weighted by Crippen LogP contribution is 2.33. The van der Waals surface area contributed by atoms with E-state index in [0.717, 1.165) is 5.69 Å². The minimum atomic E-state index is -0.343. The third-order valence-electron chi connectivity index (χ3n) is 5.63. The van der Waals surface area contributed by atoms with E-state index < -0.39 is 0 Å². The van der Waals surface area contributed by atoms with Gasteiger partial charge in [-0.25, -0.2) is 4.39 Å². The number of hydrogen-bond donors (Lipinski definition) is 0. The van der Waals surface area contributed by atoms with Crippen molar-refractivity contribution in [1.29, 1.82) is 0 Å². The van der Waals surface area contributed by atoms with Crippen molar-refractivity contribution >= 4 is 23.2 Å². The van der Waals surface area contributed by atoms with Crippen LogP contribution in [-0.4, -0.2) is 56.5 Å². The lowest BCUT2D eigenvalue weighted by molar-refractivity contribution is -0.136. The van der Waals surface area contributed by atoms with Gasteiger partial charge in [-0.3, -0.25) is 9.59 Å². The van der Waals surface area contributed by atoms with Crippen molar-refractivity contribution in [2.45, 2.75) is 6.42 Å². The van der Waals surface area contributed by atoms with Gasteiger partial charge < -0.3 is 19.4 Å². The van der Waals surface area contributed by atoms with Gasteiger partial charge in [0.25, 0.3) is 0 Å². The Balaban J connectivity index is 1.38. The number of carbonyl (C=O) groups is 2. The number of halogens is 1. The summed E-state index contributed by atoms with van der Waals surface area (Å²) < 4.78 is 18.5. The molecule has 2 saturated heterocycles. The summed E-state index contributed by atoms with van der Waals surface area (Å²) in [5.74, 6) is -0.00740. The molecule has 2 heterocycles. The lowest BCUT2D eigenvalue weighted by Crippen LogP contribution is -2.50. The summed E-state index contributed by atoms with van der Waals surface area (Å²) in [6, 6.07) is 13.8. The van der Waals surface area contributed by atoms with Gasteiger partial charge in [0.1, 0.15) is 11.6 Å². The summed E-state index contributed by atoms with van der Waals surface area (Å²) in [6.07, 6.45) is 0.217. The fraction of sp³-hybridized carbons (Fsp3) is 0.364. The van der Waals surface area contributed by atoms with E-state index in [-0.39, 0.29) is 30.0 Å². The topological polar surface area (TPSA) is 53.1 Å². The highest BCUT2D eigenvalue weighted by Gasteiger charge is 2.38. The van der Waals surface area contributed by atoms with Gasteiger partial charge in [-0.2, -0.15) is 0 Å². The first-order valence-electron chi connectivity index (χ1n) is 9.79. The molecule has 7 heteroatoms. The van der Waals surface area contributed by atoms with E-state index >= 15 is 0 Å². The zero-order valence-electron chi connectivity index (χ0n) is 16.4. The lowest BCUT2D eigenvalue weighted by Gasteiger charge is -2.37. The SMILES string of the molecule is COc1ccccc1N1CC(C(=O)N2CCN(c3ccc(F)cc3)CC2)CC1=O. The van der Waals surface area contributed by atoms with Crippen molar-refractivity contribution in [3.63, 3.8) is 0 Å². The minimum absolute atomic E-state index is 0.0227. The normalized spacial score (nSPS) is 19.6. The molecule has 2 amide bonds. The van der Waals surface area contributed by atoms with Crippen LogP contribution in [0.3, 0.4) is 0 Å². The summed E-state index contributed by atoms with van der Waals surface area (Å²) in [5.41, 5.74) is 1.66. The minimum Gasteiger partial charge on any atom is -0.495 e. The molecule has 0 aliphatic carbocycles. The van der Waals surface area contributed by atoms with E-state index in [1.807, 2.05) is 29.2 Å². The Morgan fingerprint density at radius 1 is 1.03 bits per heavy atom. The average molecular weight is 397 g/mol. The van der Waals surface area contributed by atoms with Gasteiger partial charge in [0.05, 0.1) is 18.7 Å². The fourth-order valence-corrected chi connectivity index (χ4v) is 4.05. The van der Waals surface area contributed by atoms with Gasteiger partial charge >= 0.3 is 0 Å². The molecule has 0 spiro atoms. The van der Waals surface area contributed by atoms with Crippen LogP contribution in [0.4, 0.5) is 15.8 Å². The Kier molecular flexibility index (Phi) is 5.38. The summed E-state index contributed by atoms with van der Waals surface area (Å²) >= 11 is 0. The van der Waals surface area contributed by atoms with E-state index in [2.05, 4.69) is 4.90 Å². The predicted octanol–water partition coefficient (Wildman–Crippen LogP) is 2.54. The first-order valence-corrected chi connectivity index (χ1v) is 9.79. The van der Waals surface area contributed by atoms with E-state index in [0.29, 0.717) is 44.2 Å². The average Bonchev–Trinajstić information content (AvgIpc) is 3.15. The number of ether oxygens (including phenoxy) is 1. The van der Waals surface area contributed by atoms with Crippen LogP contribution >= 0.6 is 0 Å². The highest BCUT2D eigenvalue weighted by atomic mass is 19.1. The Hall–Kier alpha value is -3.09. The van der Waals surface area contributed by atoms with Crippen molar-refractivity contribution in [3.8, 4) is 5.75 Å². The Morgan fingerprint density at radius 3 is 2.41 bits per heavy atom. The molecule has 2 fully saturated rings. The van der Waals surface area contributed by atoms with E-state index in [4.69, 9.17) is 4.74 Å². The smallest absolute Gasteiger partial charge is 0.228 e. The van der Waals surface area contributed by atoms with Crippen LogP contribution in [-0.2, 0) is 9.59 Å². The van der Waals surface area contributed by atoms with Crippen LogP contribution < -0.4 is 14.5 Å². The Bertz CT molecular complexity index is 894. The molecule has 1 atom stereocenters. The first kappa shape index (κ1) is 19.2. The number of anilines is 2. The highest BCUT2D eigenvalue weighted by molar-refractivity contribution is 6.01. The zero-order chi connectivity index (χ0) is 20.4. The molecule has 0 aromatic heterocycles. The van der Waals surface area contributed by atoms with E-state index in [1.165, 1.54) is 12.1 Å². The number of nitrogens with zero attached hydrogens (tertiary/aromatic N) is 3. The van der Waals surface area contributed by atoms with Gasteiger partial charge in [-0.15, -0.1) is 0 Å². The largest absolute Gasteiger partial charge is 0.495 e. The summed E-state index contributed by atoms with van der Waals surface area (Å²) in [4.78, 5) is 31.2. The van der Waals surface area contributed by atoms with Crippen LogP contribution in [0.5, 0.6) is 5.75 Å². The molecule has 0 radical (unpaired) electrons. The molecule has 0 N–H and O–H groups in total.